The van der Waals surface area contributed by atoms with Crippen LogP contribution in [0, 0.1) is 17.1 Å². The van der Waals surface area contributed by atoms with Crippen LogP contribution in [0.1, 0.15) is 27.7 Å². The third kappa shape index (κ3) is 4.41. The zero-order valence-electron chi connectivity index (χ0n) is 14.6. The van der Waals surface area contributed by atoms with E-state index in [1.54, 1.807) is 25.1 Å². The fraction of sp³-hybridized carbons (Fsp3) is 0.176. The molecule has 0 fully saturated rings. The van der Waals surface area contributed by atoms with Crippen molar-refractivity contribution in [1.29, 1.82) is 5.26 Å². The molecule has 0 spiro atoms. The number of halogens is 1. The van der Waals surface area contributed by atoms with Crippen LogP contribution in [0.4, 0.5) is 20.2 Å². The third-order valence-corrected chi connectivity index (χ3v) is 6.51. The van der Waals surface area contributed by atoms with Gasteiger partial charge in [-0.2, -0.15) is 5.26 Å². The van der Waals surface area contributed by atoms with Crippen molar-refractivity contribution in [3.63, 3.8) is 0 Å². The van der Waals surface area contributed by atoms with Gasteiger partial charge in [0, 0.05) is 11.3 Å². The van der Waals surface area contributed by atoms with E-state index in [-0.39, 0.29) is 17.2 Å². The highest BCUT2D eigenvalue weighted by Gasteiger charge is 2.23. The number of nitrogens with zero attached hydrogens (tertiary/aromatic N) is 3. The average molecular weight is 436 g/mol. The van der Waals surface area contributed by atoms with Crippen LogP contribution in [-0.4, -0.2) is 22.8 Å². The summed E-state index contributed by atoms with van der Waals surface area (Å²) in [6.07, 6.45) is 0. The van der Waals surface area contributed by atoms with Crippen LogP contribution in [0.3, 0.4) is 0 Å². The maximum absolute atomic E-state index is 13.7. The average Bonchev–Trinajstić information content (AvgIpc) is 3.25. The predicted octanol–water partition coefficient (Wildman–Crippen LogP) is 4.41. The maximum Gasteiger partial charge on any atom is 0.348 e. The molecule has 0 saturated carbocycles. The second-order valence-corrected chi connectivity index (χ2v) is 8.50. The zero-order valence-corrected chi connectivity index (χ0v) is 17.0. The topological polar surface area (TPSA) is 114 Å². The Hall–Kier alpha value is -2.68. The van der Waals surface area contributed by atoms with Crippen molar-refractivity contribution in [1.82, 2.24) is 10.2 Å². The lowest BCUT2D eigenvalue weighted by Gasteiger charge is -2.03. The lowest BCUT2D eigenvalue weighted by Crippen LogP contribution is -2.05. The van der Waals surface area contributed by atoms with E-state index in [1.165, 1.54) is 29.2 Å². The molecule has 0 aliphatic rings. The van der Waals surface area contributed by atoms with Crippen LogP contribution in [0.25, 0.3) is 0 Å². The number of aromatic nitrogens is 2. The Bertz CT molecular complexity index is 1040. The lowest BCUT2D eigenvalue weighted by atomic mass is 10.2. The number of para-hydroxylation sites is 1. The molecule has 7 nitrogen and oxygen atoms in total. The zero-order chi connectivity index (χ0) is 20.1. The smallest absolute Gasteiger partial charge is 0.348 e. The van der Waals surface area contributed by atoms with Gasteiger partial charge in [-0.05, 0) is 19.1 Å². The fourth-order valence-corrected chi connectivity index (χ4v) is 5.05. The first-order chi connectivity index (χ1) is 13.5. The molecule has 0 amide bonds. The van der Waals surface area contributed by atoms with E-state index in [1.807, 2.05) is 6.07 Å². The molecule has 0 bridgehead atoms. The summed E-state index contributed by atoms with van der Waals surface area (Å²) in [6, 6.07) is 8.30. The number of thiophene rings is 1. The first-order valence-electron chi connectivity index (χ1n) is 7.99. The van der Waals surface area contributed by atoms with Gasteiger partial charge in [-0.25, -0.2) is 9.18 Å². The number of nitriles is 1. The van der Waals surface area contributed by atoms with Crippen molar-refractivity contribution >= 4 is 56.2 Å². The van der Waals surface area contributed by atoms with Crippen molar-refractivity contribution in [3.05, 3.63) is 46.1 Å². The Morgan fingerprint density at radius 1 is 1.39 bits per heavy atom. The van der Waals surface area contributed by atoms with Gasteiger partial charge in [0.05, 0.1) is 17.9 Å². The Balaban J connectivity index is 1.75. The second-order valence-electron chi connectivity index (χ2n) is 5.25. The number of carbonyl (C=O) groups is 1. The number of thioether (sulfide) groups is 1. The predicted molar refractivity (Wildman–Crippen MR) is 109 cm³/mol. The maximum atomic E-state index is 13.7. The number of ether oxygens (including phenoxy) is 1. The first-order valence-corrected chi connectivity index (χ1v) is 10.6. The molecular formula is C17H14FN5O2S3. The summed E-state index contributed by atoms with van der Waals surface area (Å²) in [4.78, 5) is 12.5. The van der Waals surface area contributed by atoms with E-state index < -0.39 is 11.8 Å². The van der Waals surface area contributed by atoms with E-state index in [4.69, 9.17) is 10.5 Å². The summed E-state index contributed by atoms with van der Waals surface area (Å²) in [5.74, 6) is -0.590. The molecule has 2 aromatic heterocycles. The number of anilines is 3. The minimum Gasteiger partial charge on any atom is -0.462 e. The Kier molecular flexibility index (Phi) is 6.45. The van der Waals surface area contributed by atoms with E-state index in [0.717, 1.165) is 11.3 Å². The molecule has 0 unspecified atom stereocenters. The van der Waals surface area contributed by atoms with Gasteiger partial charge in [-0.3, -0.25) is 0 Å². The van der Waals surface area contributed by atoms with E-state index in [2.05, 4.69) is 15.5 Å². The summed E-state index contributed by atoms with van der Waals surface area (Å²) in [7, 11) is 0. The number of nitrogens with one attached hydrogen (secondary N) is 1. The fourth-order valence-electron chi connectivity index (χ4n) is 2.24. The van der Waals surface area contributed by atoms with Crippen LogP contribution in [0.15, 0.2) is 28.6 Å². The molecular weight excluding hydrogens is 421 g/mol. The number of rotatable bonds is 7. The molecule has 3 N–H and O–H groups in total. The summed E-state index contributed by atoms with van der Waals surface area (Å²) < 4.78 is 19.4. The van der Waals surface area contributed by atoms with Crippen molar-refractivity contribution < 1.29 is 13.9 Å². The van der Waals surface area contributed by atoms with Crippen LogP contribution in [0.2, 0.25) is 0 Å². The standard InChI is InChI=1S/C17H14FN5O2S3/c1-2-25-15(24)13-10(9(7-19)14(20)27-13)8-26-17-23-22-16(28-17)21-12-6-4-3-5-11(12)18/h3-6H,2,8,20H2,1H3,(H,21,22). The van der Waals surface area contributed by atoms with Gasteiger partial charge < -0.3 is 15.8 Å². The molecule has 1 aromatic carbocycles. The number of esters is 1. The number of benzene rings is 1. The van der Waals surface area contributed by atoms with Gasteiger partial charge >= 0.3 is 5.97 Å². The number of hydrogen-bond donors (Lipinski definition) is 2. The van der Waals surface area contributed by atoms with Gasteiger partial charge in [0.25, 0.3) is 0 Å². The van der Waals surface area contributed by atoms with Crippen molar-refractivity contribution in [2.45, 2.75) is 17.0 Å². The number of nitrogen functional groups attached to an aromatic ring is 1. The van der Waals surface area contributed by atoms with Gasteiger partial charge in [-0.15, -0.1) is 21.5 Å². The van der Waals surface area contributed by atoms with Gasteiger partial charge in [-0.1, -0.05) is 35.2 Å². The van der Waals surface area contributed by atoms with Crippen LogP contribution < -0.4 is 11.1 Å². The molecule has 0 atom stereocenters. The Labute approximate surface area is 172 Å². The molecule has 144 valence electrons. The molecule has 11 heteroatoms. The van der Waals surface area contributed by atoms with Gasteiger partial charge in [0.1, 0.15) is 21.8 Å². The van der Waals surface area contributed by atoms with Crippen LogP contribution in [0.5, 0.6) is 0 Å². The lowest BCUT2D eigenvalue weighted by molar-refractivity contribution is 0.0531. The number of hydrogen-bond acceptors (Lipinski definition) is 10. The summed E-state index contributed by atoms with van der Waals surface area (Å²) in [5, 5.41) is 21.0. The van der Waals surface area contributed by atoms with Crippen molar-refractivity contribution in [2.75, 3.05) is 17.7 Å². The third-order valence-electron chi connectivity index (χ3n) is 3.47. The summed E-state index contributed by atoms with van der Waals surface area (Å²) in [6.45, 7) is 1.94. The minimum atomic E-state index is -0.504. The molecule has 0 aliphatic carbocycles. The summed E-state index contributed by atoms with van der Waals surface area (Å²) in [5.41, 5.74) is 6.96. The SMILES string of the molecule is CCOC(=O)c1sc(N)c(C#N)c1CSc1nnc(Nc2ccccc2F)s1. The number of carbonyl (C=O) groups excluding carboxylic acids is 1. The first kappa shape index (κ1) is 20.1. The summed E-state index contributed by atoms with van der Waals surface area (Å²) >= 11 is 3.58. The Morgan fingerprint density at radius 2 is 2.18 bits per heavy atom. The van der Waals surface area contributed by atoms with Crippen molar-refractivity contribution in [3.8, 4) is 6.07 Å². The second kappa shape index (κ2) is 9.01. The monoisotopic (exact) mass is 435 g/mol. The molecule has 0 saturated heterocycles. The quantitative estimate of drug-likeness (QED) is 0.414. The largest absolute Gasteiger partial charge is 0.462 e. The number of nitrogens with two attached hydrogens (primary N) is 1. The van der Waals surface area contributed by atoms with E-state index in [9.17, 15) is 14.4 Å². The van der Waals surface area contributed by atoms with Crippen LogP contribution >= 0.6 is 34.4 Å². The molecule has 3 aromatic rings. The Morgan fingerprint density at radius 3 is 2.89 bits per heavy atom. The van der Waals surface area contributed by atoms with Crippen molar-refractivity contribution in [2.24, 2.45) is 0 Å². The minimum absolute atomic E-state index is 0.229. The molecule has 2 heterocycles. The molecule has 0 aliphatic heterocycles. The highest BCUT2D eigenvalue weighted by molar-refractivity contribution is 8.00. The highest BCUT2D eigenvalue weighted by Crippen LogP contribution is 2.37. The van der Waals surface area contributed by atoms with E-state index >= 15 is 0 Å². The molecule has 0 radical (unpaired) electrons. The van der Waals surface area contributed by atoms with E-state index in [0.29, 0.717) is 31.4 Å². The highest BCUT2D eigenvalue weighted by atomic mass is 32.2. The van der Waals surface area contributed by atoms with Gasteiger partial charge in [0.2, 0.25) is 5.13 Å². The van der Waals surface area contributed by atoms with Crippen LogP contribution in [-0.2, 0) is 10.5 Å². The van der Waals surface area contributed by atoms with Gasteiger partial charge in [0.15, 0.2) is 4.34 Å². The molecule has 3 rings (SSSR count). The molecule has 28 heavy (non-hydrogen) atoms. The normalized spacial score (nSPS) is 10.5.